The van der Waals surface area contributed by atoms with Gasteiger partial charge in [-0.3, -0.25) is 9.36 Å². The molecule has 2 aliphatic rings. The molecule has 0 spiro atoms. The molecule has 2 aromatic rings. The van der Waals surface area contributed by atoms with Crippen LogP contribution in [0.3, 0.4) is 0 Å². The van der Waals surface area contributed by atoms with E-state index in [2.05, 4.69) is 0 Å². The molecule has 0 fully saturated rings. The Morgan fingerprint density at radius 2 is 2.00 bits per heavy atom. The summed E-state index contributed by atoms with van der Waals surface area (Å²) in [5, 5.41) is 0.938. The quantitative estimate of drug-likeness (QED) is 0.745. The monoisotopic (exact) mass is 282 g/mol. The Labute approximate surface area is 115 Å². The number of rotatable bonds is 0. The van der Waals surface area contributed by atoms with Gasteiger partial charge in [-0.05, 0) is 37.7 Å². The van der Waals surface area contributed by atoms with Gasteiger partial charge in [0.15, 0.2) is 0 Å². The molecule has 0 amide bonds. The van der Waals surface area contributed by atoms with Crippen molar-refractivity contribution < 1.29 is 0 Å². The minimum Gasteiger partial charge on any atom is -0.296 e. The number of aromatic nitrogens is 2. The molecule has 3 nitrogen and oxygen atoms in total. The Hall–Kier alpha value is -0.870. The average molecular weight is 283 g/mol. The molecule has 0 unspecified atom stereocenters. The first kappa shape index (κ1) is 12.2. The van der Waals surface area contributed by atoms with E-state index in [9.17, 15) is 4.79 Å². The topological polar surface area (TPSA) is 34.9 Å². The molecule has 0 bridgehead atoms. The van der Waals surface area contributed by atoms with Gasteiger partial charge in [-0.1, -0.05) is 0 Å². The van der Waals surface area contributed by atoms with E-state index in [1.165, 1.54) is 23.3 Å². The van der Waals surface area contributed by atoms with Crippen molar-refractivity contribution in [2.24, 2.45) is 0 Å². The Morgan fingerprint density at radius 1 is 1.11 bits per heavy atom. The summed E-state index contributed by atoms with van der Waals surface area (Å²) in [5.74, 6) is 1.01. The van der Waals surface area contributed by atoms with Gasteiger partial charge in [-0.15, -0.1) is 23.7 Å². The van der Waals surface area contributed by atoms with Crippen LogP contribution in [0.4, 0.5) is 0 Å². The Bertz CT molecular complexity index is 674. The summed E-state index contributed by atoms with van der Waals surface area (Å²) in [6.07, 6.45) is 6.68. The molecule has 0 aromatic carbocycles. The highest BCUT2D eigenvalue weighted by Gasteiger charge is 2.23. The first-order valence-corrected chi connectivity index (χ1v) is 7.20. The van der Waals surface area contributed by atoms with Crippen molar-refractivity contribution >= 4 is 34.0 Å². The summed E-state index contributed by atoms with van der Waals surface area (Å²) in [6.45, 7) is 0.863. The molecule has 2 aromatic heterocycles. The second kappa shape index (κ2) is 4.35. The van der Waals surface area contributed by atoms with Crippen LogP contribution in [0.25, 0.3) is 10.2 Å². The SMILES string of the molecule is Cl.O=c1c2c3c(sc2nc2n1CCCC2)CCC3. The summed E-state index contributed by atoms with van der Waals surface area (Å²) < 4.78 is 1.91. The van der Waals surface area contributed by atoms with Gasteiger partial charge in [0.2, 0.25) is 0 Å². The molecule has 1 aliphatic carbocycles. The van der Waals surface area contributed by atoms with Crippen LogP contribution in [0.1, 0.15) is 35.5 Å². The number of fused-ring (bicyclic) bond motifs is 4. The van der Waals surface area contributed by atoms with Gasteiger partial charge >= 0.3 is 0 Å². The maximum absolute atomic E-state index is 12.5. The summed E-state index contributed by atoms with van der Waals surface area (Å²) in [4.78, 5) is 19.6. The van der Waals surface area contributed by atoms with E-state index in [1.807, 2.05) is 4.57 Å². The first-order chi connectivity index (χ1) is 8.34. The lowest BCUT2D eigenvalue weighted by atomic mass is 10.1. The van der Waals surface area contributed by atoms with E-state index >= 15 is 0 Å². The van der Waals surface area contributed by atoms with Gasteiger partial charge < -0.3 is 0 Å². The third kappa shape index (κ3) is 1.55. The zero-order chi connectivity index (χ0) is 11.4. The molecule has 3 heterocycles. The van der Waals surface area contributed by atoms with Gasteiger partial charge in [0.05, 0.1) is 5.39 Å². The molecular weight excluding hydrogens is 268 g/mol. The van der Waals surface area contributed by atoms with Crippen LogP contribution in [0.5, 0.6) is 0 Å². The third-order valence-electron chi connectivity index (χ3n) is 3.94. The highest BCUT2D eigenvalue weighted by Crippen LogP contribution is 2.35. The van der Waals surface area contributed by atoms with E-state index in [-0.39, 0.29) is 18.0 Å². The maximum atomic E-state index is 12.5. The van der Waals surface area contributed by atoms with Crippen molar-refractivity contribution in [3.63, 3.8) is 0 Å². The van der Waals surface area contributed by atoms with E-state index in [1.54, 1.807) is 11.3 Å². The average Bonchev–Trinajstić information content (AvgIpc) is 2.89. The van der Waals surface area contributed by atoms with Crippen molar-refractivity contribution in [2.45, 2.75) is 45.1 Å². The van der Waals surface area contributed by atoms with Crippen molar-refractivity contribution in [3.05, 3.63) is 26.6 Å². The van der Waals surface area contributed by atoms with Crippen LogP contribution in [-0.4, -0.2) is 9.55 Å². The molecule has 5 heteroatoms. The Kier molecular flexibility index (Phi) is 2.94. The minimum absolute atomic E-state index is 0. The van der Waals surface area contributed by atoms with Crippen LogP contribution in [0, 0.1) is 0 Å². The third-order valence-corrected chi connectivity index (χ3v) is 5.12. The fourth-order valence-electron chi connectivity index (χ4n) is 3.09. The Morgan fingerprint density at radius 3 is 2.89 bits per heavy atom. The van der Waals surface area contributed by atoms with E-state index < -0.39 is 0 Å². The number of halogens is 1. The smallest absolute Gasteiger partial charge is 0.262 e. The lowest BCUT2D eigenvalue weighted by Crippen LogP contribution is -2.28. The summed E-state index contributed by atoms with van der Waals surface area (Å²) in [7, 11) is 0. The summed E-state index contributed by atoms with van der Waals surface area (Å²) in [5.41, 5.74) is 1.53. The predicted molar refractivity (Wildman–Crippen MR) is 76.1 cm³/mol. The highest BCUT2D eigenvalue weighted by atomic mass is 35.5. The number of hydrogen-bond acceptors (Lipinski definition) is 3. The number of aryl methyl sites for hydroxylation is 3. The largest absolute Gasteiger partial charge is 0.296 e. The van der Waals surface area contributed by atoms with Gasteiger partial charge in [-0.2, -0.15) is 0 Å². The number of hydrogen-bond donors (Lipinski definition) is 0. The molecule has 0 N–H and O–H groups in total. The molecule has 0 saturated carbocycles. The molecule has 0 saturated heterocycles. The van der Waals surface area contributed by atoms with Crippen molar-refractivity contribution in [1.82, 2.24) is 9.55 Å². The van der Waals surface area contributed by atoms with Gasteiger partial charge in [0, 0.05) is 17.8 Å². The Balaban J connectivity index is 0.000001000. The van der Waals surface area contributed by atoms with E-state index in [0.717, 1.165) is 48.3 Å². The van der Waals surface area contributed by atoms with Crippen LogP contribution >= 0.6 is 23.7 Å². The van der Waals surface area contributed by atoms with Gasteiger partial charge in [0.1, 0.15) is 10.7 Å². The summed E-state index contributed by atoms with van der Waals surface area (Å²) >= 11 is 1.75. The molecule has 0 atom stereocenters. The van der Waals surface area contributed by atoms with Crippen molar-refractivity contribution in [2.75, 3.05) is 0 Å². The maximum Gasteiger partial charge on any atom is 0.262 e. The molecule has 18 heavy (non-hydrogen) atoms. The zero-order valence-corrected chi connectivity index (χ0v) is 11.7. The molecule has 0 radical (unpaired) electrons. The highest BCUT2D eigenvalue weighted by molar-refractivity contribution is 7.18. The van der Waals surface area contributed by atoms with E-state index in [0.29, 0.717) is 0 Å². The molecule has 96 valence electrons. The van der Waals surface area contributed by atoms with Crippen molar-refractivity contribution in [3.8, 4) is 0 Å². The standard InChI is InChI=1S/C13H14N2OS.ClH/c16-13-11-8-4-3-5-9(8)17-12(11)14-10-6-1-2-7-15(10)13;/h1-7H2;1H. The van der Waals surface area contributed by atoms with Crippen LogP contribution < -0.4 is 5.56 Å². The molecule has 4 rings (SSSR count). The van der Waals surface area contributed by atoms with Gasteiger partial charge in [-0.25, -0.2) is 4.98 Å². The van der Waals surface area contributed by atoms with Crippen LogP contribution in [-0.2, 0) is 25.8 Å². The number of thiophene rings is 1. The molecule has 1 aliphatic heterocycles. The van der Waals surface area contributed by atoms with Crippen molar-refractivity contribution in [1.29, 1.82) is 0 Å². The van der Waals surface area contributed by atoms with E-state index in [4.69, 9.17) is 4.98 Å². The minimum atomic E-state index is 0. The first-order valence-electron chi connectivity index (χ1n) is 6.38. The fraction of sp³-hybridized carbons (Fsp3) is 0.538. The normalized spacial score (nSPS) is 17.3. The van der Waals surface area contributed by atoms with Crippen LogP contribution in [0.15, 0.2) is 4.79 Å². The van der Waals surface area contributed by atoms with Crippen LogP contribution in [0.2, 0.25) is 0 Å². The lowest BCUT2D eigenvalue weighted by molar-refractivity contribution is 0.501. The lowest BCUT2D eigenvalue weighted by Gasteiger charge is -2.16. The second-order valence-corrected chi connectivity index (χ2v) is 6.06. The number of nitrogens with zero attached hydrogens (tertiary/aromatic N) is 2. The zero-order valence-electron chi connectivity index (χ0n) is 10.1. The predicted octanol–water partition coefficient (Wildman–Crippen LogP) is 2.70. The second-order valence-electron chi connectivity index (χ2n) is 4.98. The molecular formula is C13H15ClN2OS. The fourth-order valence-corrected chi connectivity index (χ4v) is 4.36. The summed E-state index contributed by atoms with van der Waals surface area (Å²) in [6, 6.07) is 0. The van der Waals surface area contributed by atoms with Gasteiger partial charge in [0.25, 0.3) is 5.56 Å².